The highest BCUT2D eigenvalue weighted by atomic mass is 16.6. The van der Waals surface area contributed by atoms with Crippen molar-refractivity contribution in [2.24, 2.45) is 5.92 Å². The number of carbonyl (C=O) groups excluding carboxylic acids is 1. The number of piperazine rings is 1. The monoisotopic (exact) mass is 361 g/mol. The van der Waals surface area contributed by atoms with Crippen LogP contribution in [0.5, 0.6) is 0 Å². The van der Waals surface area contributed by atoms with Crippen molar-refractivity contribution < 1.29 is 9.53 Å². The maximum Gasteiger partial charge on any atom is 0.410 e. The zero-order valence-corrected chi connectivity index (χ0v) is 16.4. The van der Waals surface area contributed by atoms with E-state index in [1.165, 1.54) is 25.7 Å². The largest absolute Gasteiger partial charge is 0.444 e. The van der Waals surface area contributed by atoms with Crippen molar-refractivity contribution in [3.8, 4) is 0 Å². The number of hydrogen-bond acceptors (Lipinski definition) is 6. The summed E-state index contributed by atoms with van der Waals surface area (Å²) in [5.74, 6) is 2.01. The average molecular weight is 361 g/mol. The molecule has 0 spiro atoms. The van der Waals surface area contributed by atoms with Crippen molar-refractivity contribution >= 4 is 12.0 Å². The van der Waals surface area contributed by atoms with Crippen molar-refractivity contribution in [2.75, 3.05) is 31.1 Å². The molecule has 1 aromatic heterocycles. The molecule has 0 unspecified atom stereocenters. The summed E-state index contributed by atoms with van der Waals surface area (Å²) in [6.45, 7) is 10.6. The molecule has 7 heteroatoms. The van der Waals surface area contributed by atoms with Gasteiger partial charge in [0.05, 0.1) is 11.9 Å². The van der Waals surface area contributed by atoms with Crippen LogP contribution in [0.25, 0.3) is 0 Å². The number of amides is 1. The molecule has 1 aliphatic heterocycles. The molecule has 2 heterocycles. The SMILES string of the molecule is CC1CCC(c2cnnc(N3CCN(C(=O)OC(C)(C)C)CC3)n2)CC1. The van der Waals surface area contributed by atoms with Gasteiger partial charge in [0.15, 0.2) is 0 Å². The third kappa shape index (κ3) is 4.83. The van der Waals surface area contributed by atoms with Gasteiger partial charge in [-0.2, -0.15) is 5.10 Å². The molecule has 144 valence electrons. The third-order valence-electron chi connectivity index (χ3n) is 5.21. The topological polar surface area (TPSA) is 71.5 Å². The Bertz CT molecular complexity index is 615. The first kappa shape index (κ1) is 18.9. The highest BCUT2D eigenvalue weighted by Crippen LogP contribution is 2.34. The molecule has 26 heavy (non-hydrogen) atoms. The zero-order chi connectivity index (χ0) is 18.7. The lowest BCUT2D eigenvalue weighted by Gasteiger charge is -2.35. The fourth-order valence-corrected chi connectivity index (χ4v) is 3.61. The van der Waals surface area contributed by atoms with Crippen LogP contribution in [-0.2, 0) is 4.74 Å². The predicted octanol–water partition coefficient (Wildman–Crippen LogP) is 3.22. The van der Waals surface area contributed by atoms with Crippen LogP contribution in [0.2, 0.25) is 0 Å². The normalized spacial score (nSPS) is 24.5. The number of aromatic nitrogens is 3. The number of anilines is 1. The lowest BCUT2D eigenvalue weighted by Crippen LogP contribution is -2.50. The van der Waals surface area contributed by atoms with E-state index in [0.717, 1.165) is 11.6 Å². The maximum atomic E-state index is 12.2. The Hall–Kier alpha value is -1.92. The minimum atomic E-state index is -0.465. The van der Waals surface area contributed by atoms with Crippen LogP contribution in [0.3, 0.4) is 0 Å². The first-order valence-corrected chi connectivity index (χ1v) is 9.74. The zero-order valence-electron chi connectivity index (χ0n) is 16.4. The van der Waals surface area contributed by atoms with Gasteiger partial charge >= 0.3 is 6.09 Å². The number of nitrogens with zero attached hydrogens (tertiary/aromatic N) is 5. The molecule has 0 radical (unpaired) electrons. The molecule has 1 aromatic rings. The smallest absolute Gasteiger partial charge is 0.410 e. The van der Waals surface area contributed by atoms with E-state index in [1.54, 1.807) is 4.90 Å². The fourth-order valence-electron chi connectivity index (χ4n) is 3.61. The van der Waals surface area contributed by atoms with E-state index in [0.29, 0.717) is 38.0 Å². The third-order valence-corrected chi connectivity index (χ3v) is 5.21. The highest BCUT2D eigenvalue weighted by molar-refractivity contribution is 5.68. The standard InChI is InChI=1S/C19H31N5O2/c1-14-5-7-15(8-6-14)16-13-20-22-17(21-16)23-9-11-24(12-10-23)18(25)26-19(2,3)4/h13-15H,5-12H2,1-4H3. The molecule has 1 aliphatic carbocycles. The summed E-state index contributed by atoms with van der Waals surface area (Å²) in [6, 6.07) is 0. The van der Waals surface area contributed by atoms with Crippen LogP contribution in [0.4, 0.5) is 10.7 Å². The summed E-state index contributed by atoms with van der Waals surface area (Å²) < 4.78 is 5.45. The molecule has 7 nitrogen and oxygen atoms in total. The molecule has 2 aliphatic rings. The highest BCUT2D eigenvalue weighted by Gasteiger charge is 2.28. The minimum Gasteiger partial charge on any atom is -0.444 e. The summed E-state index contributed by atoms with van der Waals surface area (Å²) in [5, 5.41) is 8.43. The second-order valence-electron chi connectivity index (χ2n) is 8.59. The van der Waals surface area contributed by atoms with Crippen molar-refractivity contribution in [1.29, 1.82) is 0 Å². The molecule has 1 saturated carbocycles. The van der Waals surface area contributed by atoms with E-state index < -0.39 is 5.60 Å². The van der Waals surface area contributed by atoms with Crippen molar-refractivity contribution in [3.05, 3.63) is 11.9 Å². The van der Waals surface area contributed by atoms with Crippen LogP contribution >= 0.6 is 0 Å². The molecule has 0 N–H and O–H groups in total. The summed E-state index contributed by atoms with van der Waals surface area (Å²) in [4.78, 5) is 20.8. The van der Waals surface area contributed by atoms with Crippen molar-refractivity contribution in [1.82, 2.24) is 20.1 Å². The summed E-state index contributed by atoms with van der Waals surface area (Å²) in [5.41, 5.74) is 0.601. The second kappa shape index (κ2) is 7.76. The van der Waals surface area contributed by atoms with Crippen molar-refractivity contribution in [2.45, 2.75) is 64.9 Å². The molecule has 0 aromatic carbocycles. The molecular weight excluding hydrogens is 330 g/mol. The van der Waals surface area contributed by atoms with Gasteiger partial charge in [0.2, 0.25) is 5.95 Å². The molecule has 1 saturated heterocycles. The van der Waals surface area contributed by atoms with Crippen molar-refractivity contribution in [3.63, 3.8) is 0 Å². The maximum absolute atomic E-state index is 12.2. The Morgan fingerprint density at radius 1 is 1.12 bits per heavy atom. The summed E-state index contributed by atoms with van der Waals surface area (Å²) in [6.07, 6.45) is 6.47. The quantitative estimate of drug-likeness (QED) is 0.805. The lowest BCUT2D eigenvalue weighted by atomic mass is 9.81. The molecule has 0 bridgehead atoms. The average Bonchev–Trinajstić information content (AvgIpc) is 2.61. The van der Waals surface area contributed by atoms with E-state index in [1.807, 2.05) is 27.0 Å². The van der Waals surface area contributed by atoms with E-state index in [2.05, 4.69) is 22.0 Å². The minimum absolute atomic E-state index is 0.249. The van der Waals surface area contributed by atoms with Crippen LogP contribution in [0.1, 0.15) is 65.0 Å². The molecule has 1 amide bonds. The van der Waals surface area contributed by atoms with Crippen LogP contribution in [0, 0.1) is 5.92 Å². The Labute approximate surface area is 156 Å². The van der Waals surface area contributed by atoms with Crippen LogP contribution in [-0.4, -0.2) is 58.0 Å². The fraction of sp³-hybridized carbons (Fsp3) is 0.789. The molecule has 2 fully saturated rings. The molecular formula is C19H31N5O2. The van der Waals surface area contributed by atoms with Gasteiger partial charge in [0, 0.05) is 32.1 Å². The number of hydrogen-bond donors (Lipinski definition) is 0. The van der Waals surface area contributed by atoms with E-state index in [9.17, 15) is 4.79 Å². The summed E-state index contributed by atoms with van der Waals surface area (Å²) >= 11 is 0. The first-order valence-electron chi connectivity index (χ1n) is 9.74. The molecule has 3 rings (SSSR count). The number of ether oxygens (including phenoxy) is 1. The summed E-state index contributed by atoms with van der Waals surface area (Å²) in [7, 11) is 0. The number of rotatable bonds is 2. The Morgan fingerprint density at radius 3 is 2.38 bits per heavy atom. The van der Waals surface area contributed by atoms with Gasteiger partial charge in [-0.3, -0.25) is 0 Å². The van der Waals surface area contributed by atoms with E-state index in [-0.39, 0.29) is 6.09 Å². The number of carbonyl (C=O) groups is 1. The van der Waals surface area contributed by atoms with Gasteiger partial charge in [0.25, 0.3) is 0 Å². The van der Waals surface area contributed by atoms with Gasteiger partial charge in [-0.1, -0.05) is 19.8 Å². The molecule has 0 atom stereocenters. The first-order chi connectivity index (χ1) is 12.3. The van der Waals surface area contributed by atoms with Gasteiger partial charge in [-0.05, 0) is 39.5 Å². The Balaban J connectivity index is 1.58. The Morgan fingerprint density at radius 2 is 1.77 bits per heavy atom. The second-order valence-corrected chi connectivity index (χ2v) is 8.59. The Kier molecular flexibility index (Phi) is 5.63. The van der Waals surface area contributed by atoms with Crippen LogP contribution in [0.15, 0.2) is 6.20 Å². The van der Waals surface area contributed by atoms with Gasteiger partial charge < -0.3 is 14.5 Å². The van der Waals surface area contributed by atoms with Gasteiger partial charge in [-0.15, -0.1) is 5.10 Å². The van der Waals surface area contributed by atoms with Gasteiger partial charge in [0.1, 0.15) is 5.60 Å². The van der Waals surface area contributed by atoms with E-state index in [4.69, 9.17) is 9.72 Å². The predicted molar refractivity (Wildman–Crippen MR) is 100 cm³/mol. The van der Waals surface area contributed by atoms with Crippen LogP contribution < -0.4 is 4.90 Å². The van der Waals surface area contributed by atoms with Gasteiger partial charge in [-0.25, -0.2) is 9.78 Å². The lowest BCUT2D eigenvalue weighted by molar-refractivity contribution is 0.0240. The van der Waals surface area contributed by atoms with E-state index >= 15 is 0 Å².